The van der Waals surface area contributed by atoms with E-state index in [0.717, 1.165) is 5.56 Å². The molecule has 1 N–H and O–H groups in total. The molecule has 176 valence electrons. The van der Waals surface area contributed by atoms with Crippen molar-refractivity contribution in [1.82, 2.24) is 29.3 Å². The molecule has 1 aliphatic rings. The Hall–Kier alpha value is -2.79. The van der Waals surface area contributed by atoms with E-state index in [0.29, 0.717) is 47.4 Å². The largest absolute Gasteiger partial charge is 0.308 e. The normalized spacial score (nSPS) is 17.3. The topological polar surface area (TPSA) is 114 Å². The van der Waals surface area contributed by atoms with Gasteiger partial charge in [-0.3, -0.25) is 4.79 Å². The van der Waals surface area contributed by atoms with Gasteiger partial charge in [-0.2, -0.15) is 4.31 Å². The summed E-state index contributed by atoms with van der Waals surface area (Å²) in [4.78, 5) is 20.3. The standard InChI is InChI=1S/C22H20Cl2N6O3S/c23-16-7-3-8-17(11-16)34(32,33)29-10-4-6-15(12-29)20-25-21-19(22(31)26-20)27-28-30(21)13-14-5-1-2-9-18(14)24/h1-3,5,7-9,11,15H,4,6,10,12-13H2,(H,25,26,31)/t15-/m1/s1. The first-order chi connectivity index (χ1) is 16.3. The third-order valence-corrected chi connectivity index (χ3v) is 8.34. The zero-order valence-corrected chi connectivity index (χ0v) is 20.2. The minimum atomic E-state index is -3.74. The highest BCUT2D eigenvalue weighted by molar-refractivity contribution is 7.89. The van der Waals surface area contributed by atoms with Crippen LogP contribution in [-0.2, 0) is 16.6 Å². The summed E-state index contributed by atoms with van der Waals surface area (Å²) < 4.78 is 29.3. The van der Waals surface area contributed by atoms with Crippen LogP contribution in [0.1, 0.15) is 30.1 Å². The number of H-pyrrole nitrogens is 1. The molecule has 1 aliphatic heterocycles. The Kier molecular flexibility index (Phi) is 6.15. The van der Waals surface area contributed by atoms with Crippen molar-refractivity contribution in [1.29, 1.82) is 0 Å². The number of aromatic amines is 1. The zero-order valence-electron chi connectivity index (χ0n) is 17.9. The van der Waals surface area contributed by atoms with Crippen molar-refractivity contribution >= 4 is 44.4 Å². The predicted octanol–water partition coefficient (Wildman–Crippen LogP) is 3.44. The van der Waals surface area contributed by atoms with Gasteiger partial charge < -0.3 is 4.98 Å². The fraction of sp³-hybridized carbons (Fsp3) is 0.273. The van der Waals surface area contributed by atoms with E-state index in [2.05, 4.69) is 20.3 Å². The number of benzene rings is 2. The quantitative estimate of drug-likeness (QED) is 0.432. The third kappa shape index (κ3) is 4.34. The SMILES string of the molecule is O=c1[nH]c([C@@H]2CCCN(S(=O)(=O)c3cccc(Cl)c3)C2)nc2c1nnn2Cc1ccccc1Cl. The maximum Gasteiger partial charge on any atom is 0.281 e. The van der Waals surface area contributed by atoms with Gasteiger partial charge in [0.05, 0.1) is 11.4 Å². The van der Waals surface area contributed by atoms with E-state index in [4.69, 9.17) is 23.2 Å². The monoisotopic (exact) mass is 518 g/mol. The molecule has 0 radical (unpaired) electrons. The van der Waals surface area contributed by atoms with Gasteiger partial charge >= 0.3 is 0 Å². The van der Waals surface area contributed by atoms with Crippen molar-refractivity contribution in [2.24, 2.45) is 0 Å². The fourth-order valence-electron chi connectivity index (χ4n) is 4.13. The molecular weight excluding hydrogens is 499 g/mol. The van der Waals surface area contributed by atoms with E-state index in [-0.39, 0.29) is 22.9 Å². The van der Waals surface area contributed by atoms with E-state index < -0.39 is 15.6 Å². The molecule has 2 aromatic carbocycles. The van der Waals surface area contributed by atoms with Crippen molar-refractivity contribution in [2.75, 3.05) is 13.1 Å². The van der Waals surface area contributed by atoms with Gasteiger partial charge in [-0.05, 0) is 42.7 Å². The van der Waals surface area contributed by atoms with Crippen LogP contribution in [-0.4, -0.2) is 50.8 Å². The predicted molar refractivity (Wildman–Crippen MR) is 129 cm³/mol. The number of nitrogens with zero attached hydrogens (tertiary/aromatic N) is 5. The molecule has 1 saturated heterocycles. The van der Waals surface area contributed by atoms with Crippen molar-refractivity contribution in [3.63, 3.8) is 0 Å². The van der Waals surface area contributed by atoms with Gasteiger partial charge in [0.2, 0.25) is 10.0 Å². The molecule has 0 bridgehead atoms. The van der Waals surface area contributed by atoms with E-state index >= 15 is 0 Å². The lowest BCUT2D eigenvalue weighted by Crippen LogP contribution is -2.39. The summed E-state index contributed by atoms with van der Waals surface area (Å²) in [5.41, 5.74) is 0.847. The first-order valence-electron chi connectivity index (χ1n) is 10.7. The van der Waals surface area contributed by atoms with Crippen LogP contribution < -0.4 is 5.56 Å². The molecule has 1 atom stereocenters. The minimum absolute atomic E-state index is 0.120. The zero-order chi connectivity index (χ0) is 23.9. The highest BCUT2D eigenvalue weighted by atomic mass is 35.5. The van der Waals surface area contributed by atoms with Crippen molar-refractivity contribution in [2.45, 2.75) is 30.2 Å². The molecule has 0 spiro atoms. The molecule has 5 rings (SSSR count). The Balaban J connectivity index is 1.47. The summed E-state index contributed by atoms with van der Waals surface area (Å²) in [6.45, 7) is 0.866. The summed E-state index contributed by atoms with van der Waals surface area (Å²) in [6.07, 6.45) is 1.31. The molecule has 0 saturated carbocycles. The van der Waals surface area contributed by atoms with Crippen LogP contribution in [0.15, 0.2) is 58.2 Å². The van der Waals surface area contributed by atoms with Crippen LogP contribution in [0.2, 0.25) is 10.0 Å². The molecule has 2 aromatic heterocycles. The molecule has 12 heteroatoms. The van der Waals surface area contributed by atoms with Crippen molar-refractivity contribution in [3.8, 4) is 0 Å². The lowest BCUT2D eigenvalue weighted by molar-refractivity contribution is 0.309. The number of halogens is 2. The number of sulfonamides is 1. The maximum absolute atomic E-state index is 13.2. The number of rotatable bonds is 5. The number of fused-ring (bicyclic) bond motifs is 1. The average molecular weight is 519 g/mol. The molecule has 0 aliphatic carbocycles. The minimum Gasteiger partial charge on any atom is -0.308 e. The number of aromatic nitrogens is 5. The van der Waals surface area contributed by atoms with Gasteiger partial charge in [0.15, 0.2) is 11.2 Å². The molecular formula is C22H20Cl2N6O3S. The first kappa shape index (κ1) is 23.0. The van der Waals surface area contributed by atoms with Crippen LogP contribution in [0, 0.1) is 0 Å². The summed E-state index contributed by atoms with van der Waals surface area (Å²) in [5.74, 6) is 0.120. The molecule has 0 amide bonds. The van der Waals surface area contributed by atoms with Gasteiger partial charge in [-0.1, -0.05) is 52.7 Å². The van der Waals surface area contributed by atoms with Gasteiger partial charge in [0.25, 0.3) is 5.56 Å². The Morgan fingerprint density at radius 1 is 1.12 bits per heavy atom. The summed E-state index contributed by atoms with van der Waals surface area (Å²) in [7, 11) is -3.74. The Morgan fingerprint density at radius 3 is 2.74 bits per heavy atom. The summed E-state index contributed by atoms with van der Waals surface area (Å²) >= 11 is 12.3. The summed E-state index contributed by atoms with van der Waals surface area (Å²) in [6, 6.07) is 13.5. The second-order valence-corrected chi connectivity index (χ2v) is 10.9. The molecule has 4 aromatic rings. The van der Waals surface area contributed by atoms with E-state index in [1.807, 2.05) is 18.2 Å². The second-order valence-electron chi connectivity index (χ2n) is 8.12. The molecule has 9 nitrogen and oxygen atoms in total. The van der Waals surface area contributed by atoms with Crippen LogP contribution in [0.3, 0.4) is 0 Å². The smallest absolute Gasteiger partial charge is 0.281 e. The Morgan fingerprint density at radius 2 is 1.94 bits per heavy atom. The van der Waals surface area contributed by atoms with Crippen LogP contribution in [0.25, 0.3) is 11.2 Å². The average Bonchev–Trinajstić information content (AvgIpc) is 3.24. The number of hydrogen-bond donors (Lipinski definition) is 1. The van der Waals surface area contributed by atoms with E-state index in [1.54, 1.807) is 18.2 Å². The molecule has 3 heterocycles. The highest BCUT2D eigenvalue weighted by Gasteiger charge is 2.32. The number of hydrogen-bond acceptors (Lipinski definition) is 6. The van der Waals surface area contributed by atoms with E-state index in [9.17, 15) is 13.2 Å². The van der Waals surface area contributed by atoms with E-state index in [1.165, 1.54) is 21.1 Å². The lowest BCUT2D eigenvalue weighted by atomic mass is 9.99. The van der Waals surface area contributed by atoms with Crippen LogP contribution >= 0.6 is 23.2 Å². The first-order valence-corrected chi connectivity index (χ1v) is 12.8. The van der Waals surface area contributed by atoms with Crippen LogP contribution in [0.4, 0.5) is 0 Å². The Bertz CT molecular complexity index is 1540. The maximum atomic E-state index is 13.2. The van der Waals surface area contributed by atoms with Gasteiger partial charge in [0, 0.05) is 29.1 Å². The Labute approximate surface area is 205 Å². The molecule has 0 unspecified atom stereocenters. The van der Waals surface area contributed by atoms with Gasteiger partial charge in [0.1, 0.15) is 5.82 Å². The fourth-order valence-corrected chi connectivity index (χ4v) is 6.15. The van der Waals surface area contributed by atoms with Crippen molar-refractivity contribution < 1.29 is 8.42 Å². The summed E-state index contributed by atoms with van der Waals surface area (Å²) in [5, 5.41) is 8.99. The third-order valence-electron chi connectivity index (χ3n) is 5.87. The van der Waals surface area contributed by atoms with Gasteiger partial charge in [-0.25, -0.2) is 18.1 Å². The number of nitrogens with one attached hydrogen (secondary N) is 1. The number of piperidine rings is 1. The molecule has 34 heavy (non-hydrogen) atoms. The molecule has 1 fully saturated rings. The highest BCUT2D eigenvalue weighted by Crippen LogP contribution is 2.29. The lowest BCUT2D eigenvalue weighted by Gasteiger charge is -2.31. The van der Waals surface area contributed by atoms with Gasteiger partial charge in [-0.15, -0.1) is 5.10 Å². The second kappa shape index (κ2) is 9.10. The van der Waals surface area contributed by atoms with Crippen molar-refractivity contribution in [3.05, 3.63) is 80.3 Å². The van der Waals surface area contributed by atoms with Crippen LogP contribution in [0.5, 0.6) is 0 Å².